The van der Waals surface area contributed by atoms with Gasteiger partial charge in [-0.15, -0.1) is 0 Å². The van der Waals surface area contributed by atoms with E-state index in [1.807, 2.05) is 28.8 Å². The highest BCUT2D eigenvalue weighted by atomic mass is 35.5. The fourth-order valence-corrected chi connectivity index (χ4v) is 4.49. The highest BCUT2D eigenvalue weighted by molar-refractivity contribution is 6.30. The molecule has 1 amide bonds. The van der Waals surface area contributed by atoms with Crippen LogP contribution in [0, 0.1) is 5.92 Å². The molecule has 2 bridgehead atoms. The molecule has 4 rings (SSSR count). The van der Waals surface area contributed by atoms with Crippen LogP contribution in [-0.2, 0) is 16.1 Å². The molecule has 7 heteroatoms. The molecule has 1 saturated heterocycles. The summed E-state index contributed by atoms with van der Waals surface area (Å²) in [4.78, 5) is 37.8. The molecule has 2 aliphatic heterocycles. The quantitative estimate of drug-likeness (QED) is 0.782. The Labute approximate surface area is 167 Å². The minimum Gasteiger partial charge on any atom is -0.550 e. The molecule has 0 saturated carbocycles. The Bertz CT molecular complexity index is 983. The summed E-state index contributed by atoms with van der Waals surface area (Å²) in [6.45, 7) is 1.64. The molecule has 1 aromatic carbocycles. The molecular weight excluding hydrogens is 380 g/mol. The number of carboxylic acid groups (broad SMARTS) is 1. The molecule has 0 spiro atoms. The summed E-state index contributed by atoms with van der Waals surface area (Å²) in [5.74, 6) is -1.09. The summed E-state index contributed by atoms with van der Waals surface area (Å²) in [7, 11) is 0. The van der Waals surface area contributed by atoms with Gasteiger partial charge < -0.3 is 19.4 Å². The van der Waals surface area contributed by atoms with E-state index in [0.29, 0.717) is 30.2 Å². The standard InChI is InChI=1S/C21H21ClN2O4/c22-16-3-1-14(2-4-16)17-5-6-18-15-9-13(11-24(18)21(17)28)10-23(12-15)19(25)7-8-20(26)27/h1-6,13,15H,7-12H2,(H,26,27)/p-1/t13-,15+/m0/s1. The normalized spacial score (nSPS) is 20.5. The molecule has 0 N–H and O–H groups in total. The van der Waals surface area contributed by atoms with Crippen molar-refractivity contribution in [1.29, 1.82) is 0 Å². The van der Waals surface area contributed by atoms with Crippen molar-refractivity contribution in [3.05, 3.63) is 57.5 Å². The minimum absolute atomic E-state index is 0.0220. The van der Waals surface area contributed by atoms with Crippen LogP contribution in [0.15, 0.2) is 41.2 Å². The number of amides is 1. The van der Waals surface area contributed by atoms with Crippen molar-refractivity contribution in [1.82, 2.24) is 9.47 Å². The third-order valence-electron chi connectivity index (χ3n) is 5.66. The Kier molecular flexibility index (Phi) is 4.98. The van der Waals surface area contributed by atoms with Gasteiger partial charge in [-0.2, -0.15) is 0 Å². The lowest BCUT2D eigenvalue weighted by Gasteiger charge is -2.43. The number of rotatable bonds is 4. The number of nitrogens with zero attached hydrogens (tertiary/aromatic N) is 2. The van der Waals surface area contributed by atoms with Crippen molar-refractivity contribution >= 4 is 23.5 Å². The average molecular weight is 400 g/mol. The smallest absolute Gasteiger partial charge is 0.258 e. The van der Waals surface area contributed by atoms with E-state index in [9.17, 15) is 19.5 Å². The average Bonchev–Trinajstić information content (AvgIpc) is 2.67. The molecule has 1 aromatic heterocycles. The third kappa shape index (κ3) is 3.56. The molecule has 1 fully saturated rings. The van der Waals surface area contributed by atoms with Crippen molar-refractivity contribution in [2.24, 2.45) is 5.92 Å². The van der Waals surface area contributed by atoms with Gasteiger partial charge in [0.1, 0.15) is 0 Å². The first-order chi connectivity index (χ1) is 13.4. The number of fused-ring (bicyclic) bond motifs is 4. The second-order valence-corrected chi connectivity index (χ2v) is 8.00. The predicted molar refractivity (Wildman–Crippen MR) is 103 cm³/mol. The number of halogens is 1. The number of hydrogen-bond acceptors (Lipinski definition) is 4. The van der Waals surface area contributed by atoms with Gasteiger partial charge in [-0.3, -0.25) is 9.59 Å². The first-order valence-electron chi connectivity index (χ1n) is 9.39. The number of hydrogen-bond donors (Lipinski definition) is 0. The summed E-state index contributed by atoms with van der Waals surface area (Å²) in [6, 6.07) is 11.0. The van der Waals surface area contributed by atoms with Gasteiger partial charge in [-0.05, 0) is 48.6 Å². The van der Waals surface area contributed by atoms with Crippen LogP contribution in [0.25, 0.3) is 11.1 Å². The zero-order valence-electron chi connectivity index (χ0n) is 15.3. The monoisotopic (exact) mass is 399 g/mol. The van der Waals surface area contributed by atoms with Gasteiger partial charge in [-0.1, -0.05) is 23.7 Å². The maximum Gasteiger partial charge on any atom is 0.258 e. The van der Waals surface area contributed by atoms with Crippen LogP contribution >= 0.6 is 11.6 Å². The first kappa shape index (κ1) is 18.7. The number of carbonyl (C=O) groups is 2. The topological polar surface area (TPSA) is 82.4 Å². The van der Waals surface area contributed by atoms with Crippen LogP contribution in [0.4, 0.5) is 0 Å². The van der Waals surface area contributed by atoms with Crippen molar-refractivity contribution < 1.29 is 14.7 Å². The van der Waals surface area contributed by atoms with Gasteiger partial charge in [0.05, 0.1) is 0 Å². The largest absolute Gasteiger partial charge is 0.550 e. The summed E-state index contributed by atoms with van der Waals surface area (Å²) in [6.07, 6.45) is 0.638. The predicted octanol–water partition coefficient (Wildman–Crippen LogP) is 1.64. The van der Waals surface area contributed by atoms with Gasteiger partial charge in [0.25, 0.3) is 5.56 Å². The van der Waals surface area contributed by atoms with E-state index in [-0.39, 0.29) is 36.1 Å². The van der Waals surface area contributed by atoms with E-state index in [1.54, 1.807) is 17.0 Å². The summed E-state index contributed by atoms with van der Waals surface area (Å²) in [5, 5.41) is 11.2. The van der Waals surface area contributed by atoms with Crippen LogP contribution in [0.1, 0.15) is 30.9 Å². The number of carbonyl (C=O) groups excluding carboxylic acids is 2. The van der Waals surface area contributed by atoms with E-state index in [4.69, 9.17) is 11.6 Å². The zero-order valence-corrected chi connectivity index (χ0v) is 16.0. The second-order valence-electron chi connectivity index (χ2n) is 7.56. The number of likely N-dealkylation sites (tertiary alicyclic amines) is 1. The highest BCUT2D eigenvalue weighted by Crippen LogP contribution is 2.36. The fraction of sp³-hybridized carbons (Fsp3) is 0.381. The Morgan fingerprint density at radius 3 is 2.50 bits per heavy atom. The van der Waals surface area contributed by atoms with Gasteiger partial charge >= 0.3 is 0 Å². The van der Waals surface area contributed by atoms with E-state index < -0.39 is 5.97 Å². The van der Waals surface area contributed by atoms with Crippen LogP contribution < -0.4 is 10.7 Å². The molecule has 2 aliphatic rings. The Morgan fingerprint density at radius 1 is 1.04 bits per heavy atom. The number of benzene rings is 1. The number of carboxylic acids is 1. The van der Waals surface area contributed by atoms with Crippen LogP contribution in [0.3, 0.4) is 0 Å². The summed E-state index contributed by atoms with van der Waals surface area (Å²) in [5.41, 5.74) is 2.39. The number of aromatic nitrogens is 1. The fourth-order valence-electron chi connectivity index (χ4n) is 4.37. The SMILES string of the molecule is O=C([O-])CCC(=O)N1C[C@@H]2C[C@H](C1)c1ccc(-c3ccc(Cl)cc3)c(=O)n1C2. The molecule has 28 heavy (non-hydrogen) atoms. The van der Waals surface area contributed by atoms with Crippen molar-refractivity contribution in [3.8, 4) is 11.1 Å². The molecule has 0 radical (unpaired) electrons. The third-order valence-corrected chi connectivity index (χ3v) is 5.91. The molecule has 0 aliphatic carbocycles. The maximum atomic E-state index is 13.1. The van der Waals surface area contributed by atoms with Crippen molar-refractivity contribution in [3.63, 3.8) is 0 Å². The number of aliphatic carboxylic acids is 1. The van der Waals surface area contributed by atoms with Crippen LogP contribution in [0.5, 0.6) is 0 Å². The summed E-state index contributed by atoms with van der Waals surface area (Å²) < 4.78 is 1.84. The molecule has 6 nitrogen and oxygen atoms in total. The van der Waals surface area contributed by atoms with Gasteiger partial charge in [0.15, 0.2) is 0 Å². The Balaban J connectivity index is 1.60. The van der Waals surface area contributed by atoms with Gasteiger partial charge in [0, 0.05) is 54.2 Å². The van der Waals surface area contributed by atoms with E-state index in [1.165, 1.54) is 0 Å². The lowest BCUT2D eigenvalue weighted by molar-refractivity contribution is -0.305. The van der Waals surface area contributed by atoms with Gasteiger partial charge in [-0.25, -0.2) is 0 Å². The minimum atomic E-state index is -1.21. The maximum absolute atomic E-state index is 13.1. The molecule has 2 aromatic rings. The summed E-state index contributed by atoms with van der Waals surface area (Å²) >= 11 is 5.95. The first-order valence-corrected chi connectivity index (χ1v) is 9.77. The Morgan fingerprint density at radius 2 is 1.79 bits per heavy atom. The molecule has 3 heterocycles. The lowest BCUT2D eigenvalue weighted by atomic mass is 9.82. The molecular formula is C21H20ClN2O4-. The van der Waals surface area contributed by atoms with Crippen molar-refractivity contribution in [2.45, 2.75) is 31.7 Å². The molecule has 2 atom stereocenters. The van der Waals surface area contributed by atoms with E-state index in [0.717, 1.165) is 17.7 Å². The van der Waals surface area contributed by atoms with Gasteiger partial charge in [0.2, 0.25) is 5.91 Å². The van der Waals surface area contributed by atoms with Crippen molar-refractivity contribution in [2.75, 3.05) is 13.1 Å². The molecule has 0 unspecified atom stereocenters. The molecule has 146 valence electrons. The lowest BCUT2D eigenvalue weighted by Crippen LogP contribution is -2.49. The van der Waals surface area contributed by atoms with Crippen LogP contribution in [-0.4, -0.2) is 34.4 Å². The second kappa shape index (κ2) is 7.43. The number of piperidine rings is 1. The van der Waals surface area contributed by atoms with E-state index >= 15 is 0 Å². The van der Waals surface area contributed by atoms with E-state index in [2.05, 4.69) is 0 Å². The van der Waals surface area contributed by atoms with Crippen LogP contribution in [0.2, 0.25) is 5.02 Å². The Hall–Kier alpha value is -2.60. The zero-order chi connectivity index (χ0) is 19.8. The number of pyridine rings is 1. The highest BCUT2D eigenvalue weighted by Gasteiger charge is 2.36.